The van der Waals surface area contributed by atoms with Crippen molar-refractivity contribution < 1.29 is 9.47 Å². The lowest BCUT2D eigenvalue weighted by Crippen LogP contribution is -2.04. The number of hydrogen-bond donors (Lipinski definition) is 0. The van der Waals surface area contributed by atoms with Crippen LogP contribution in [0.4, 0.5) is 0 Å². The molecule has 2 aromatic rings. The van der Waals surface area contributed by atoms with Crippen LogP contribution in [-0.2, 0) is 4.74 Å². The Bertz CT molecular complexity index is 553. The van der Waals surface area contributed by atoms with E-state index >= 15 is 0 Å². The zero-order valence-corrected chi connectivity index (χ0v) is 12.2. The lowest BCUT2D eigenvalue weighted by molar-refractivity contribution is 0.136. The Hall–Kier alpha value is -1.22. The van der Waals surface area contributed by atoms with Gasteiger partial charge in [-0.2, -0.15) is 0 Å². The third-order valence-corrected chi connectivity index (χ3v) is 3.46. The van der Waals surface area contributed by atoms with Gasteiger partial charge in [0.25, 0.3) is 0 Å². The lowest BCUT2D eigenvalue weighted by atomic mass is 10.0. The Morgan fingerprint density at radius 1 is 0.947 bits per heavy atom. The summed E-state index contributed by atoms with van der Waals surface area (Å²) in [5.74, 6) is 0.806. The van der Waals surface area contributed by atoms with Gasteiger partial charge in [-0.15, -0.1) is 0 Å². The summed E-state index contributed by atoms with van der Waals surface area (Å²) in [7, 11) is 3.29. The van der Waals surface area contributed by atoms with E-state index in [1.54, 1.807) is 26.4 Å². The number of benzene rings is 2. The fourth-order valence-electron chi connectivity index (χ4n) is 1.94. The first kappa shape index (κ1) is 14.2. The first-order chi connectivity index (χ1) is 9.15. The van der Waals surface area contributed by atoms with Gasteiger partial charge in [0.15, 0.2) is 0 Å². The Morgan fingerprint density at radius 2 is 1.63 bits per heavy atom. The SMILES string of the molecule is COc1ccc(C(OC)c2ccc(Cl)cc2Cl)cc1. The minimum absolute atomic E-state index is 0.226. The molecule has 0 radical (unpaired) electrons. The van der Waals surface area contributed by atoms with Crippen LogP contribution in [0.5, 0.6) is 5.75 Å². The second-order valence-corrected chi connectivity index (χ2v) is 4.90. The maximum Gasteiger partial charge on any atom is 0.118 e. The minimum atomic E-state index is -0.226. The molecule has 2 rings (SSSR count). The van der Waals surface area contributed by atoms with Crippen LogP contribution in [0, 0.1) is 0 Å². The molecule has 2 aromatic carbocycles. The number of rotatable bonds is 4. The van der Waals surface area contributed by atoms with Crippen LogP contribution in [0.1, 0.15) is 17.2 Å². The summed E-state index contributed by atoms with van der Waals surface area (Å²) in [6, 6.07) is 13.1. The van der Waals surface area contributed by atoms with Gasteiger partial charge in [-0.3, -0.25) is 0 Å². The second-order valence-electron chi connectivity index (χ2n) is 4.05. The van der Waals surface area contributed by atoms with Gasteiger partial charge in [-0.25, -0.2) is 0 Å². The average molecular weight is 297 g/mol. The number of hydrogen-bond acceptors (Lipinski definition) is 2. The quantitative estimate of drug-likeness (QED) is 0.811. The monoisotopic (exact) mass is 296 g/mol. The van der Waals surface area contributed by atoms with Crippen LogP contribution in [0.15, 0.2) is 42.5 Å². The molecule has 0 bridgehead atoms. The van der Waals surface area contributed by atoms with Crippen molar-refractivity contribution in [3.8, 4) is 5.75 Å². The van der Waals surface area contributed by atoms with Gasteiger partial charge < -0.3 is 9.47 Å². The summed E-state index contributed by atoms with van der Waals surface area (Å²) >= 11 is 12.1. The molecule has 0 aliphatic rings. The molecule has 0 aromatic heterocycles. The summed E-state index contributed by atoms with van der Waals surface area (Å²) < 4.78 is 10.7. The van der Waals surface area contributed by atoms with E-state index < -0.39 is 0 Å². The maximum atomic E-state index is 6.22. The highest BCUT2D eigenvalue weighted by molar-refractivity contribution is 6.35. The van der Waals surface area contributed by atoms with Crippen LogP contribution in [-0.4, -0.2) is 14.2 Å². The highest BCUT2D eigenvalue weighted by atomic mass is 35.5. The molecule has 0 saturated carbocycles. The van der Waals surface area contributed by atoms with Crippen LogP contribution in [0.3, 0.4) is 0 Å². The van der Waals surface area contributed by atoms with Crippen molar-refractivity contribution in [3.63, 3.8) is 0 Å². The van der Waals surface area contributed by atoms with Gasteiger partial charge in [0.1, 0.15) is 11.9 Å². The summed E-state index contributed by atoms with van der Waals surface area (Å²) in [6.45, 7) is 0. The smallest absolute Gasteiger partial charge is 0.118 e. The highest BCUT2D eigenvalue weighted by Crippen LogP contribution is 2.33. The van der Waals surface area contributed by atoms with E-state index in [2.05, 4.69) is 0 Å². The molecule has 0 saturated heterocycles. The molecule has 1 atom stereocenters. The fourth-order valence-corrected chi connectivity index (χ4v) is 2.44. The third-order valence-electron chi connectivity index (χ3n) is 2.90. The largest absolute Gasteiger partial charge is 0.497 e. The Balaban J connectivity index is 2.37. The van der Waals surface area contributed by atoms with E-state index in [9.17, 15) is 0 Å². The molecule has 2 nitrogen and oxygen atoms in total. The van der Waals surface area contributed by atoms with Gasteiger partial charge in [0, 0.05) is 22.7 Å². The molecule has 0 aliphatic carbocycles. The molecule has 1 unspecified atom stereocenters. The normalized spacial score (nSPS) is 12.2. The summed E-state index contributed by atoms with van der Waals surface area (Å²) in [4.78, 5) is 0. The molecule has 0 fully saturated rings. The van der Waals surface area contributed by atoms with E-state index in [0.717, 1.165) is 16.9 Å². The summed E-state index contributed by atoms with van der Waals surface area (Å²) in [5.41, 5.74) is 1.89. The van der Waals surface area contributed by atoms with E-state index in [1.807, 2.05) is 30.3 Å². The second kappa shape index (κ2) is 6.29. The molecule has 0 N–H and O–H groups in total. The topological polar surface area (TPSA) is 18.5 Å². The van der Waals surface area contributed by atoms with Crippen LogP contribution in [0.2, 0.25) is 10.0 Å². The Morgan fingerprint density at radius 3 is 2.16 bits per heavy atom. The fraction of sp³-hybridized carbons (Fsp3) is 0.200. The van der Waals surface area contributed by atoms with E-state index in [0.29, 0.717) is 10.0 Å². The first-order valence-corrected chi connectivity index (χ1v) is 6.53. The Labute approximate surface area is 122 Å². The van der Waals surface area contributed by atoms with Crippen molar-refractivity contribution in [2.75, 3.05) is 14.2 Å². The highest BCUT2D eigenvalue weighted by Gasteiger charge is 2.16. The predicted octanol–water partition coefficient (Wildman–Crippen LogP) is 4.74. The molecular formula is C15H14Cl2O2. The van der Waals surface area contributed by atoms with Gasteiger partial charge in [-0.05, 0) is 29.8 Å². The zero-order valence-electron chi connectivity index (χ0n) is 10.7. The zero-order chi connectivity index (χ0) is 13.8. The number of methoxy groups -OCH3 is 2. The van der Waals surface area contributed by atoms with Crippen molar-refractivity contribution in [2.45, 2.75) is 6.10 Å². The van der Waals surface area contributed by atoms with Crippen molar-refractivity contribution in [1.82, 2.24) is 0 Å². The van der Waals surface area contributed by atoms with Gasteiger partial charge in [0.05, 0.1) is 7.11 Å². The van der Waals surface area contributed by atoms with Gasteiger partial charge in [-0.1, -0.05) is 41.4 Å². The molecule has 0 amide bonds. The third kappa shape index (κ3) is 3.21. The molecule has 0 spiro atoms. The minimum Gasteiger partial charge on any atom is -0.497 e. The van der Waals surface area contributed by atoms with E-state index in [1.165, 1.54) is 0 Å². The van der Waals surface area contributed by atoms with Crippen molar-refractivity contribution in [1.29, 1.82) is 0 Å². The number of ether oxygens (including phenoxy) is 2. The molecule has 0 aliphatic heterocycles. The summed E-state index contributed by atoms with van der Waals surface area (Å²) in [6.07, 6.45) is -0.226. The van der Waals surface area contributed by atoms with E-state index in [-0.39, 0.29) is 6.10 Å². The lowest BCUT2D eigenvalue weighted by Gasteiger charge is -2.18. The molecule has 4 heteroatoms. The predicted molar refractivity (Wildman–Crippen MR) is 78.3 cm³/mol. The van der Waals surface area contributed by atoms with Gasteiger partial charge >= 0.3 is 0 Å². The first-order valence-electron chi connectivity index (χ1n) is 5.77. The van der Waals surface area contributed by atoms with Gasteiger partial charge in [0.2, 0.25) is 0 Å². The van der Waals surface area contributed by atoms with Crippen molar-refractivity contribution in [2.24, 2.45) is 0 Å². The van der Waals surface area contributed by atoms with E-state index in [4.69, 9.17) is 32.7 Å². The molecule has 0 heterocycles. The van der Waals surface area contributed by atoms with Crippen molar-refractivity contribution >= 4 is 23.2 Å². The Kier molecular flexibility index (Phi) is 4.70. The molecule has 19 heavy (non-hydrogen) atoms. The molecular weight excluding hydrogens is 283 g/mol. The van der Waals surface area contributed by atoms with Crippen molar-refractivity contribution in [3.05, 3.63) is 63.6 Å². The summed E-state index contributed by atoms with van der Waals surface area (Å²) in [5, 5.41) is 1.20. The van der Waals surface area contributed by atoms with Crippen LogP contribution < -0.4 is 4.74 Å². The maximum absolute atomic E-state index is 6.22. The molecule has 100 valence electrons. The van der Waals surface area contributed by atoms with Crippen LogP contribution in [0.25, 0.3) is 0 Å². The average Bonchev–Trinajstić information content (AvgIpc) is 2.42. The standard InChI is InChI=1S/C15H14Cl2O2/c1-18-12-6-3-10(4-7-12)15(19-2)13-8-5-11(16)9-14(13)17/h3-9,15H,1-2H3. The van der Waals surface area contributed by atoms with Crippen LogP contribution >= 0.6 is 23.2 Å². The number of halogens is 2.